The summed E-state index contributed by atoms with van der Waals surface area (Å²) in [5.74, 6) is 1.56. The van der Waals surface area contributed by atoms with Crippen LogP contribution in [0.2, 0.25) is 0 Å². The highest BCUT2D eigenvalue weighted by atomic mass is 15.1. The van der Waals surface area contributed by atoms with Crippen LogP contribution in [0.25, 0.3) is 0 Å². The van der Waals surface area contributed by atoms with E-state index in [0.717, 1.165) is 57.4 Å². The lowest BCUT2D eigenvalue weighted by molar-refractivity contribution is 0.316. The van der Waals surface area contributed by atoms with Crippen molar-refractivity contribution in [1.82, 2.24) is 20.2 Å². The maximum absolute atomic E-state index is 6.67. The minimum atomic E-state index is 0.0434. The van der Waals surface area contributed by atoms with Crippen molar-refractivity contribution >= 4 is 5.71 Å². The van der Waals surface area contributed by atoms with E-state index in [-0.39, 0.29) is 6.04 Å². The molecule has 0 saturated heterocycles. The average molecular weight is 551 g/mol. The van der Waals surface area contributed by atoms with Crippen LogP contribution in [0.3, 0.4) is 0 Å². The maximum Gasteiger partial charge on any atom is 0.0544 e. The molecule has 0 spiro atoms. The number of nitrogens with one attached hydrogen (secondary N) is 1. The number of hydrogen-bond acceptors (Lipinski definition) is 6. The summed E-state index contributed by atoms with van der Waals surface area (Å²) in [5.41, 5.74) is 12.9. The van der Waals surface area contributed by atoms with Gasteiger partial charge in [-0.25, -0.2) is 0 Å². The molecule has 6 nitrogen and oxygen atoms in total. The smallest absolute Gasteiger partial charge is 0.0544 e. The molecule has 3 N–H and O–H groups in total. The van der Waals surface area contributed by atoms with E-state index in [1.807, 2.05) is 30.7 Å². The molecule has 1 aliphatic carbocycles. The summed E-state index contributed by atoms with van der Waals surface area (Å²) in [6.45, 7) is 7.09. The second-order valence-electron chi connectivity index (χ2n) is 12.3. The lowest BCUT2D eigenvalue weighted by Crippen LogP contribution is -2.36. The van der Waals surface area contributed by atoms with E-state index in [1.165, 1.54) is 29.0 Å². The lowest BCUT2D eigenvalue weighted by Gasteiger charge is -2.31. The van der Waals surface area contributed by atoms with Crippen LogP contribution in [0.5, 0.6) is 0 Å². The predicted molar refractivity (Wildman–Crippen MR) is 169 cm³/mol. The van der Waals surface area contributed by atoms with E-state index in [1.54, 1.807) is 0 Å². The quantitative estimate of drug-likeness (QED) is 0.338. The first-order valence-electron chi connectivity index (χ1n) is 15.3. The van der Waals surface area contributed by atoms with Gasteiger partial charge in [0.05, 0.1) is 5.69 Å². The minimum absolute atomic E-state index is 0.0434. The van der Waals surface area contributed by atoms with Crippen molar-refractivity contribution in [1.29, 1.82) is 0 Å². The van der Waals surface area contributed by atoms with Crippen LogP contribution < -0.4 is 11.1 Å². The Balaban J connectivity index is 1.32. The number of nitrogens with two attached hydrogens (primary N) is 1. The summed E-state index contributed by atoms with van der Waals surface area (Å²) < 4.78 is 0. The third kappa shape index (κ3) is 9.07. The normalized spacial score (nSPS) is 24.8. The zero-order chi connectivity index (χ0) is 28.4. The van der Waals surface area contributed by atoms with Crippen LogP contribution in [0.15, 0.2) is 102 Å². The highest BCUT2D eigenvalue weighted by Crippen LogP contribution is 2.29. The first-order chi connectivity index (χ1) is 20.0. The average Bonchev–Trinajstić information content (AvgIpc) is 2.95. The van der Waals surface area contributed by atoms with Crippen molar-refractivity contribution in [3.05, 3.63) is 108 Å². The van der Waals surface area contributed by atoms with Crippen molar-refractivity contribution in [2.24, 2.45) is 28.5 Å². The number of nitrogens with zero attached hydrogens (tertiary/aromatic N) is 4. The predicted octanol–water partition coefficient (Wildman–Crippen LogP) is 6.01. The molecular weight excluding hydrogens is 504 g/mol. The van der Waals surface area contributed by atoms with E-state index < -0.39 is 0 Å². The van der Waals surface area contributed by atoms with E-state index in [0.29, 0.717) is 23.8 Å². The molecule has 2 aromatic heterocycles. The van der Waals surface area contributed by atoms with Crippen LogP contribution >= 0.6 is 0 Å². The topological polar surface area (TPSA) is 79.4 Å². The summed E-state index contributed by atoms with van der Waals surface area (Å²) >= 11 is 0. The van der Waals surface area contributed by atoms with Crippen molar-refractivity contribution in [3.63, 3.8) is 0 Å². The van der Waals surface area contributed by atoms with E-state index in [2.05, 4.69) is 88.8 Å². The van der Waals surface area contributed by atoms with Gasteiger partial charge < -0.3 is 11.1 Å². The summed E-state index contributed by atoms with van der Waals surface area (Å²) in [7, 11) is 0. The van der Waals surface area contributed by atoms with Gasteiger partial charge in [-0.05, 0) is 86.7 Å². The largest absolute Gasteiger partial charge is 0.388 e. The molecule has 5 unspecified atom stereocenters. The SMILES string of the molecule is CC1C=CNC(CC(CC2=CC(N)CC(CN(CC3=NC=CCC3C)Cc3ccccn3)=C2)Cc2ccccn2)C1. The summed E-state index contributed by atoms with van der Waals surface area (Å²) in [6, 6.07) is 13.0. The van der Waals surface area contributed by atoms with Gasteiger partial charge >= 0.3 is 0 Å². The number of hydrogen-bond donors (Lipinski definition) is 2. The Kier molecular flexibility index (Phi) is 10.3. The second kappa shape index (κ2) is 14.5. The van der Waals surface area contributed by atoms with E-state index >= 15 is 0 Å². The Bertz CT molecular complexity index is 1260. The molecule has 3 aliphatic rings. The van der Waals surface area contributed by atoms with Crippen molar-refractivity contribution in [2.75, 3.05) is 13.1 Å². The summed E-state index contributed by atoms with van der Waals surface area (Å²) in [5, 5.41) is 3.62. The van der Waals surface area contributed by atoms with Crippen molar-refractivity contribution in [2.45, 2.75) is 71.0 Å². The molecule has 0 radical (unpaired) electrons. The number of aromatic nitrogens is 2. The van der Waals surface area contributed by atoms with Gasteiger partial charge in [-0.15, -0.1) is 0 Å². The Hall–Kier alpha value is -3.35. The van der Waals surface area contributed by atoms with Crippen LogP contribution in [0.1, 0.15) is 57.3 Å². The highest BCUT2D eigenvalue weighted by molar-refractivity contribution is 5.89. The van der Waals surface area contributed by atoms with Gasteiger partial charge in [0.15, 0.2) is 0 Å². The molecule has 216 valence electrons. The third-order valence-corrected chi connectivity index (χ3v) is 8.42. The standard InChI is InChI=1S/C35H46N6/c1-26-11-15-39-34(16-26)22-29(21-32-9-3-5-12-37-32)17-28-18-30(20-31(36)19-28)23-41(24-33-10-4-6-13-38-33)25-35-27(2)8-7-14-40-35/h3-7,9-15,18-19,26-27,29,31,34,39H,8,16-17,20-25,36H2,1-2H3. The van der Waals surface area contributed by atoms with Crippen LogP contribution in [-0.2, 0) is 13.0 Å². The molecule has 0 aromatic carbocycles. The number of pyridine rings is 2. The molecular formula is C35H46N6. The number of allylic oxidation sites excluding steroid dienone is 4. The second-order valence-corrected chi connectivity index (χ2v) is 12.3. The molecule has 41 heavy (non-hydrogen) atoms. The van der Waals surface area contributed by atoms with Gasteiger partial charge in [0, 0.05) is 61.7 Å². The fourth-order valence-corrected chi connectivity index (χ4v) is 6.43. The van der Waals surface area contributed by atoms with E-state index in [4.69, 9.17) is 10.7 Å². The molecule has 2 aromatic rings. The first kappa shape index (κ1) is 29.2. The summed E-state index contributed by atoms with van der Waals surface area (Å²) in [6.07, 6.45) is 23.3. The molecule has 4 heterocycles. The van der Waals surface area contributed by atoms with Crippen LogP contribution in [0.4, 0.5) is 0 Å². The lowest BCUT2D eigenvalue weighted by atomic mass is 9.83. The van der Waals surface area contributed by atoms with Gasteiger partial charge in [0.2, 0.25) is 0 Å². The zero-order valence-corrected chi connectivity index (χ0v) is 24.7. The third-order valence-electron chi connectivity index (χ3n) is 8.42. The summed E-state index contributed by atoms with van der Waals surface area (Å²) in [4.78, 5) is 16.5. The zero-order valence-electron chi connectivity index (χ0n) is 24.7. The van der Waals surface area contributed by atoms with Gasteiger partial charge in [0.1, 0.15) is 0 Å². The van der Waals surface area contributed by atoms with Gasteiger partial charge in [-0.3, -0.25) is 19.9 Å². The van der Waals surface area contributed by atoms with E-state index in [9.17, 15) is 0 Å². The Labute approximate surface area is 246 Å². The van der Waals surface area contributed by atoms with Crippen molar-refractivity contribution in [3.8, 4) is 0 Å². The fourth-order valence-electron chi connectivity index (χ4n) is 6.43. The van der Waals surface area contributed by atoms with Gasteiger partial charge in [-0.2, -0.15) is 0 Å². The van der Waals surface area contributed by atoms with Gasteiger partial charge in [0.25, 0.3) is 0 Å². The molecule has 2 aliphatic heterocycles. The molecule has 0 bridgehead atoms. The molecule has 0 saturated carbocycles. The molecule has 0 amide bonds. The van der Waals surface area contributed by atoms with Crippen molar-refractivity contribution < 1.29 is 0 Å². The minimum Gasteiger partial charge on any atom is -0.388 e. The first-order valence-corrected chi connectivity index (χ1v) is 15.3. The van der Waals surface area contributed by atoms with Gasteiger partial charge in [-0.1, -0.05) is 61.4 Å². The Morgan fingerprint density at radius 3 is 2.54 bits per heavy atom. The van der Waals surface area contributed by atoms with Crippen LogP contribution in [-0.4, -0.2) is 45.8 Å². The number of rotatable bonds is 12. The molecule has 5 atom stereocenters. The maximum atomic E-state index is 6.67. The highest BCUT2D eigenvalue weighted by Gasteiger charge is 2.24. The molecule has 0 fully saturated rings. The monoisotopic (exact) mass is 550 g/mol. The molecule has 5 rings (SSSR count). The van der Waals surface area contributed by atoms with Crippen LogP contribution in [0, 0.1) is 17.8 Å². The number of aliphatic imine (C=N–C) groups is 1. The molecule has 6 heteroatoms. The fraction of sp³-hybridized carbons (Fsp3) is 0.457. The Morgan fingerprint density at radius 2 is 1.80 bits per heavy atom. The Morgan fingerprint density at radius 1 is 1.00 bits per heavy atom.